The highest BCUT2D eigenvalue weighted by Crippen LogP contribution is 2.22. The van der Waals surface area contributed by atoms with Crippen molar-refractivity contribution in [1.29, 1.82) is 0 Å². The fourth-order valence-corrected chi connectivity index (χ4v) is 7.09. The number of ether oxygens (including phenoxy) is 2. The summed E-state index contributed by atoms with van der Waals surface area (Å²) >= 11 is 0. The van der Waals surface area contributed by atoms with Crippen molar-refractivity contribution in [3.05, 3.63) is 24.3 Å². The Balaban J connectivity index is 2.38. The van der Waals surface area contributed by atoms with Crippen molar-refractivity contribution in [2.75, 3.05) is 13.2 Å². The molecule has 1 saturated heterocycles. The molecule has 0 aromatic carbocycles. The lowest BCUT2D eigenvalue weighted by atomic mass is 9.99. The van der Waals surface area contributed by atoms with E-state index in [1.165, 1.54) is 122 Å². The minimum absolute atomic E-state index is 0.186. The molecule has 0 saturated carbocycles. The standard InChI is InChI=1S/C45H85NO8/c1-3-5-7-9-11-13-15-17-19-20-21-22-24-26-28-30-32-34-39(48)38(37-53-45-44(52)43(51)42(50)40(36-47)54-45)46-41(49)35-33-31-29-27-25-23-18-16-14-12-10-8-6-4-2/h16,18,32,34,38-40,42-45,47-48,50-52H,3-15,17,19-31,33,35-37H2,1-2H3,(H,46,49)/b18-16+,34-32+/t38-,39+,40+,42+,43?,44?,45+/m0/s1. The molecule has 0 aromatic rings. The van der Waals surface area contributed by atoms with E-state index < -0.39 is 49.5 Å². The molecule has 9 heteroatoms. The van der Waals surface area contributed by atoms with Gasteiger partial charge < -0.3 is 40.3 Å². The van der Waals surface area contributed by atoms with E-state index in [1.807, 2.05) is 6.08 Å². The Morgan fingerprint density at radius 1 is 0.611 bits per heavy atom. The van der Waals surface area contributed by atoms with Crippen molar-refractivity contribution < 1.29 is 39.8 Å². The monoisotopic (exact) mass is 768 g/mol. The zero-order chi connectivity index (χ0) is 39.5. The zero-order valence-electron chi connectivity index (χ0n) is 34.7. The summed E-state index contributed by atoms with van der Waals surface area (Å²) in [7, 11) is 0. The molecule has 0 radical (unpaired) electrons. The van der Waals surface area contributed by atoms with Crippen LogP contribution in [0.5, 0.6) is 0 Å². The van der Waals surface area contributed by atoms with Gasteiger partial charge in [0.05, 0.1) is 25.4 Å². The van der Waals surface area contributed by atoms with Crippen LogP contribution in [-0.4, -0.2) is 87.5 Å². The molecule has 318 valence electrons. The normalized spacial score (nSPS) is 21.6. The number of amides is 1. The van der Waals surface area contributed by atoms with E-state index in [1.54, 1.807) is 6.08 Å². The molecule has 0 aromatic heterocycles. The summed E-state index contributed by atoms with van der Waals surface area (Å²) in [5, 5.41) is 54.1. The number of unbranched alkanes of at least 4 members (excludes halogenated alkanes) is 25. The molecule has 1 rings (SSSR count). The van der Waals surface area contributed by atoms with Crippen LogP contribution in [0.1, 0.15) is 200 Å². The van der Waals surface area contributed by atoms with Crippen molar-refractivity contribution in [3.63, 3.8) is 0 Å². The van der Waals surface area contributed by atoms with E-state index in [2.05, 4.69) is 31.3 Å². The van der Waals surface area contributed by atoms with Crippen LogP contribution in [0.4, 0.5) is 0 Å². The van der Waals surface area contributed by atoms with Crippen molar-refractivity contribution in [3.8, 4) is 0 Å². The van der Waals surface area contributed by atoms with Crippen molar-refractivity contribution in [2.24, 2.45) is 0 Å². The predicted octanol–water partition coefficient (Wildman–Crippen LogP) is 9.11. The Bertz CT molecular complexity index is 899. The highest BCUT2D eigenvalue weighted by atomic mass is 16.7. The summed E-state index contributed by atoms with van der Waals surface area (Å²) in [6, 6.07) is -0.805. The van der Waals surface area contributed by atoms with Gasteiger partial charge in [0.15, 0.2) is 6.29 Å². The van der Waals surface area contributed by atoms with E-state index in [-0.39, 0.29) is 12.5 Å². The second-order valence-corrected chi connectivity index (χ2v) is 15.8. The molecule has 9 nitrogen and oxygen atoms in total. The molecule has 0 aliphatic carbocycles. The number of carbonyl (C=O) groups excluding carboxylic acids is 1. The third-order valence-electron chi connectivity index (χ3n) is 10.8. The van der Waals surface area contributed by atoms with Gasteiger partial charge in [-0.2, -0.15) is 0 Å². The lowest BCUT2D eigenvalue weighted by molar-refractivity contribution is -0.302. The SMILES string of the molecule is CCCCCCC/C=C/CCCCCCCC(=O)N[C@@H](CO[C@@H]1O[C@H](CO)[C@@H](O)C(O)C1O)[C@H](O)/C=C/CCCCCCCCCCCCCCCCC. The predicted molar refractivity (Wildman–Crippen MR) is 221 cm³/mol. The molecular formula is C45H85NO8. The van der Waals surface area contributed by atoms with E-state index in [9.17, 15) is 30.3 Å². The molecule has 1 amide bonds. The zero-order valence-corrected chi connectivity index (χ0v) is 34.7. The maximum Gasteiger partial charge on any atom is 0.220 e. The summed E-state index contributed by atoms with van der Waals surface area (Å²) in [4.78, 5) is 12.9. The summed E-state index contributed by atoms with van der Waals surface area (Å²) < 4.78 is 11.2. The first kappa shape index (κ1) is 50.7. The van der Waals surface area contributed by atoms with E-state index in [4.69, 9.17) is 9.47 Å². The van der Waals surface area contributed by atoms with Gasteiger partial charge in [-0.3, -0.25) is 4.79 Å². The minimum Gasteiger partial charge on any atom is -0.394 e. The topological polar surface area (TPSA) is 149 Å². The smallest absolute Gasteiger partial charge is 0.220 e. The summed E-state index contributed by atoms with van der Waals surface area (Å²) in [6.45, 7) is 3.76. The molecule has 1 aliphatic rings. The quantitative estimate of drug-likeness (QED) is 0.0271. The van der Waals surface area contributed by atoms with Gasteiger partial charge in [-0.15, -0.1) is 0 Å². The van der Waals surface area contributed by atoms with Gasteiger partial charge in [-0.1, -0.05) is 173 Å². The average Bonchev–Trinajstić information content (AvgIpc) is 3.17. The Hall–Kier alpha value is -1.33. The van der Waals surface area contributed by atoms with E-state index >= 15 is 0 Å². The third kappa shape index (κ3) is 26.5. The van der Waals surface area contributed by atoms with Crippen molar-refractivity contribution >= 4 is 5.91 Å². The molecular weight excluding hydrogens is 682 g/mol. The van der Waals surface area contributed by atoms with Gasteiger partial charge in [-0.05, 0) is 44.9 Å². The van der Waals surface area contributed by atoms with Crippen molar-refractivity contribution in [2.45, 2.75) is 243 Å². The van der Waals surface area contributed by atoms with Crippen LogP contribution in [0, 0.1) is 0 Å². The van der Waals surface area contributed by atoms with Crippen molar-refractivity contribution in [1.82, 2.24) is 5.32 Å². The van der Waals surface area contributed by atoms with Gasteiger partial charge in [-0.25, -0.2) is 0 Å². The van der Waals surface area contributed by atoms with Gasteiger partial charge in [0.1, 0.15) is 24.4 Å². The first-order chi connectivity index (χ1) is 26.3. The number of aliphatic hydroxyl groups is 5. The summed E-state index contributed by atoms with van der Waals surface area (Å²) in [5.41, 5.74) is 0. The highest BCUT2D eigenvalue weighted by Gasteiger charge is 2.44. The maximum atomic E-state index is 12.9. The Kier molecular flexibility index (Phi) is 33.8. The molecule has 1 aliphatic heterocycles. The average molecular weight is 768 g/mol. The van der Waals surface area contributed by atoms with Gasteiger partial charge in [0.25, 0.3) is 0 Å². The Morgan fingerprint density at radius 2 is 1.04 bits per heavy atom. The molecule has 1 heterocycles. The summed E-state index contributed by atoms with van der Waals surface area (Å²) in [6.07, 6.45) is 35.0. The van der Waals surface area contributed by atoms with Crippen LogP contribution in [0.3, 0.4) is 0 Å². The Morgan fingerprint density at radius 3 is 1.50 bits per heavy atom. The van der Waals surface area contributed by atoms with Crippen LogP contribution in [0.2, 0.25) is 0 Å². The highest BCUT2D eigenvalue weighted by molar-refractivity contribution is 5.76. The largest absolute Gasteiger partial charge is 0.394 e. The first-order valence-electron chi connectivity index (χ1n) is 22.6. The molecule has 1 fully saturated rings. The molecule has 0 bridgehead atoms. The second kappa shape index (κ2) is 36.0. The molecule has 6 N–H and O–H groups in total. The number of hydrogen-bond donors (Lipinski definition) is 6. The number of allylic oxidation sites excluding steroid dienone is 3. The van der Waals surface area contributed by atoms with Crippen LogP contribution in [0.25, 0.3) is 0 Å². The van der Waals surface area contributed by atoms with Crippen LogP contribution < -0.4 is 5.32 Å². The minimum atomic E-state index is -1.56. The van der Waals surface area contributed by atoms with Gasteiger partial charge in [0, 0.05) is 6.42 Å². The van der Waals surface area contributed by atoms with Crippen LogP contribution >= 0.6 is 0 Å². The Labute approximate surface area is 330 Å². The van der Waals surface area contributed by atoms with Crippen LogP contribution in [-0.2, 0) is 14.3 Å². The van der Waals surface area contributed by atoms with Crippen LogP contribution in [0.15, 0.2) is 24.3 Å². The lowest BCUT2D eigenvalue weighted by Gasteiger charge is -2.40. The number of aliphatic hydroxyl groups excluding tert-OH is 5. The second-order valence-electron chi connectivity index (χ2n) is 15.8. The van der Waals surface area contributed by atoms with Gasteiger partial charge in [0.2, 0.25) is 5.91 Å². The number of hydrogen-bond acceptors (Lipinski definition) is 8. The summed E-state index contributed by atoms with van der Waals surface area (Å²) in [5.74, 6) is -0.186. The lowest BCUT2D eigenvalue weighted by Crippen LogP contribution is -2.60. The third-order valence-corrected chi connectivity index (χ3v) is 10.8. The van der Waals surface area contributed by atoms with E-state index in [0.29, 0.717) is 6.42 Å². The first-order valence-corrected chi connectivity index (χ1v) is 22.6. The molecule has 0 spiro atoms. The fourth-order valence-electron chi connectivity index (χ4n) is 7.09. The number of carbonyl (C=O) groups is 1. The van der Waals surface area contributed by atoms with E-state index in [0.717, 1.165) is 57.8 Å². The molecule has 7 atom stereocenters. The maximum absolute atomic E-state index is 12.9. The van der Waals surface area contributed by atoms with Gasteiger partial charge >= 0.3 is 0 Å². The molecule has 54 heavy (non-hydrogen) atoms. The molecule has 2 unspecified atom stereocenters. The fraction of sp³-hybridized carbons (Fsp3) is 0.889. The number of nitrogens with one attached hydrogen (secondary N) is 1. The number of rotatable bonds is 37.